The van der Waals surface area contributed by atoms with Gasteiger partial charge in [0, 0.05) is 17.5 Å². The van der Waals surface area contributed by atoms with E-state index >= 15 is 0 Å². The fourth-order valence-electron chi connectivity index (χ4n) is 4.49. The molecule has 3 aliphatic carbocycles. The van der Waals surface area contributed by atoms with Gasteiger partial charge in [0.25, 0.3) is 0 Å². The number of aromatic nitrogens is 3. The molecule has 0 radical (unpaired) electrons. The van der Waals surface area contributed by atoms with E-state index in [1.807, 2.05) is 0 Å². The third-order valence-corrected chi connectivity index (χ3v) is 7.88. The van der Waals surface area contributed by atoms with Crippen LogP contribution in [-0.2, 0) is 36.5 Å². The number of nitrogens with one attached hydrogen (secondary N) is 2. The number of nitrogens with zero attached hydrogens (tertiary/aromatic N) is 3. The largest absolute Gasteiger partial charge is 0.322 e. The van der Waals surface area contributed by atoms with Gasteiger partial charge in [-0.05, 0) is 86.6 Å². The molecule has 1 saturated carbocycles. The Labute approximate surface area is 177 Å². The third-order valence-electron chi connectivity index (χ3n) is 6.05. The predicted octanol–water partition coefficient (Wildman–Crippen LogP) is 3.63. The Balaban J connectivity index is 1.34. The Morgan fingerprint density at radius 2 is 1.90 bits per heavy atom. The SMILES string of the molecule is O=S(CCCNC1CC1)c1nc(Nc2c3c(cc4c2CCC4)CCC3)nn1SF. The molecule has 2 N–H and O–H groups in total. The highest BCUT2D eigenvalue weighted by atomic mass is 32.2. The van der Waals surface area contributed by atoms with Gasteiger partial charge in [-0.15, -0.1) is 13.1 Å². The molecule has 1 unspecified atom stereocenters. The van der Waals surface area contributed by atoms with Crippen LogP contribution >= 0.6 is 12.3 Å². The van der Waals surface area contributed by atoms with Crippen molar-refractivity contribution in [1.82, 2.24) is 19.5 Å². The van der Waals surface area contributed by atoms with Crippen LogP contribution in [-0.4, -0.2) is 36.7 Å². The van der Waals surface area contributed by atoms with Crippen LogP contribution in [0.5, 0.6) is 0 Å². The summed E-state index contributed by atoms with van der Waals surface area (Å²) in [6.07, 6.45) is 9.91. The van der Waals surface area contributed by atoms with E-state index in [9.17, 15) is 8.09 Å². The standard InChI is InChI=1S/C20H26FN5OS2/c21-28-26-20(29(27)11-3-10-22-15-8-9-15)24-19(25-26)23-18-16-6-1-4-13(16)12-14-5-2-7-17(14)18/h12,15,22H,1-11H2,(H,23,25). The summed E-state index contributed by atoms with van der Waals surface area (Å²) in [6, 6.07) is 3.01. The highest BCUT2D eigenvalue weighted by Crippen LogP contribution is 2.39. The minimum absolute atomic E-state index is 0.0455. The first-order valence-electron chi connectivity index (χ1n) is 10.5. The van der Waals surface area contributed by atoms with Crippen molar-refractivity contribution in [2.24, 2.45) is 0 Å². The summed E-state index contributed by atoms with van der Waals surface area (Å²) in [6.45, 7) is 0.834. The van der Waals surface area contributed by atoms with E-state index in [-0.39, 0.29) is 17.5 Å². The lowest BCUT2D eigenvalue weighted by molar-refractivity contribution is 0.651. The molecule has 156 valence electrons. The molecule has 9 heteroatoms. The summed E-state index contributed by atoms with van der Waals surface area (Å²) in [7, 11) is -1.38. The van der Waals surface area contributed by atoms with Gasteiger partial charge in [0.05, 0.1) is 10.8 Å². The number of anilines is 2. The zero-order valence-electron chi connectivity index (χ0n) is 16.4. The number of aryl methyl sites for hydroxylation is 2. The van der Waals surface area contributed by atoms with Gasteiger partial charge in [-0.1, -0.05) is 6.07 Å². The van der Waals surface area contributed by atoms with Gasteiger partial charge in [-0.25, -0.2) is 0 Å². The second kappa shape index (κ2) is 8.35. The van der Waals surface area contributed by atoms with Crippen molar-refractivity contribution in [2.75, 3.05) is 17.6 Å². The van der Waals surface area contributed by atoms with Crippen LogP contribution in [0.3, 0.4) is 0 Å². The summed E-state index contributed by atoms with van der Waals surface area (Å²) in [5, 5.41) is 11.2. The van der Waals surface area contributed by atoms with Gasteiger partial charge in [-0.3, -0.25) is 4.21 Å². The van der Waals surface area contributed by atoms with Crippen molar-refractivity contribution in [1.29, 1.82) is 0 Å². The van der Waals surface area contributed by atoms with Crippen molar-refractivity contribution < 1.29 is 8.09 Å². The molecule has 6 nitrogen and oxygen atoms in total. The molecule has 0 saturated heterocycles. The molecule has 1 atom stereocenters. The van der Waals surface area contributed by atoms with Crippen LogP contribution in [0.1, 0.15) is 54.4 Å². The Hall–Kier alpha value is -1.45. The minimum atomic E-state index is -1.38. The fraction of sp³-hybridized carbons (Fsp3) is 0.600. The highest BCUT2D eigenvalue weighted by Gasteiger charge is 2.26. The van der Waals surface area contributed by atoms with E-state index < -0.39 is 10.8 Å². The van der Waals surface area contributed by atoms with E-state index in [0.717, 1.165) is 48.4 Å². The number of hydrogen-bond donors (Lipinski definition) is 2. The summed E-state index contributed by atoms with van der Waals surface area (Å²) < 4.78 is 27.2. The van der Waals surface area contributed by atoms with Crippen LogP contribution in [0.15, 0.2) is 11.2 Å². The first-order valence-corrected chi connectivity index (χ1v) is 12.5. The zero-order valence-corrected chi connectivity index (χ0v) is 18.0. The van der Waals surface area contributed by atoms with E-state index in [4.69, 9.17) is 0 Å². The van der Waals surface area contributed by atoms with E-state index in [0.29, 0.717) is 17.7 Å². The fourth-order valence-corrected chi connectivity index (χ4v) is 6.02. The number of rotatable bonds is 9. The maximum Gasteiger partial charge on any atom is 0.248 e. The molecule has 0 bridgehead atoms. The topological polar surface area (TPSA) is 71.8 Å². The van der Waals surface area contributed by atoms with Gasteiger partial charge >= 0.3 is 0 Å². The van der Waals surface area contributed by atoms with E-state index in [2.05, 4.69) is 26.8 Å². The van der Waals surface area contributed by atoms with Crippen molar-refractivity contribution in [3.05, 3.63) is 28.3 Å². The quantitative estimate of drug-likeness (QED) is 0.586. The molecule has 1 aromatic heterocycles. The van der Waals surface area contributed by atoms with Crippen molar-refractivity contribution in [2.45, 2.75) is 69.0 Å². The molecule has 5 rings (SSSR count). The molecule has 1 aromatic carbocycles. The summed E-state index contributed by atoms with van der Waals surface area (Å²) in [5.41, 5.74) is 6.64. The number of benzene rings is 1. The molecule has 0 amide bonds. The maximum atomic E-state index is 13.4. The molecule has 1 fully saturated rings. The normalized spacial score (nSPS) is 18.7. The van der Waals surface area contributed by atoms with Crippen molar-refractivity contribution >= 4 is 34.8 Å². The number of fused-ring (bicyclic) bond motifs is 2. The summed E-state index contributed by atoms with van der Waals surface area (Å²) >= 11 is -0.0455. The van der Waals surface area contributed by atoms with Crippen molar-refractivity contribution in [3.8, 4) is 0 Å². The van der Waals surface area contributed by atoms with Crippen LogP contribution < -0.4 is 10.6 Å². The average molecular weight is 436 g/mol. The average Bonchev–Trinajstić information content (AvgIpc) is 3.11. The highest BCUT2D eigenvalue weighted by molar-refractivity contribution is 7.93. The summed E-state index contributed by atoms with van der Waals surface area (Å²) in [4.78, 5) is 4.41. The second-order valence-electron chi connectivity index (χ2n) is 8.15. The van der Waals surface area contributed by atoms with Gasteiger partial charge < -0.3 is 10.6 Å². The lowest BCUT2D eigenvalue weighted by atomic mass is 9.99. The van der Waals surface area contributed by atoms with Gasteiger partial charge in [0.1, 0.15) is 0 Å². The first kappa shape index (κ1) is 19.5. The van der Waals surface area contributed by atoms with Crippen LogP contribution in [0.25, 0.3) is 0 Å². The first-order chi connectivity index (χ1) is 14.2. The Kier molecular flexibility index (Phi) is 5.62. The lowest BCUT2D eigenvalue weighted by Crippen LogP contribution is -2.19. The third kappa shape index (κ3) is 4.09. The molecule has 2 aromatic rings. The Morgan fingerprint density at radius 3 is 2.55 bits per heavy atom. The molecule has 1 heterocycles. The van der Waals surface area contributed by atoms with Crippen molar-refractivity contribution in [3.63, 3.8) is 0 Å². The van der Waals surface area contributed by atoms with Crippen LogP contribution in [0, 0.1) is 0 Å². The molecule has 0 spiro atoms. The Morgan fingerprint density at radius 1 is 1.17 bits per heavy atom. The van der Waals surface area contributed by atoms with Gasteiger partial charge in [0.2, 0.25) is 11.1 Å². The second-order valence-corrected chi connectivity index (χ2v) is 10.1. The molecule has 29 heavy (non-hydrogen) atoms. The minimum Gasteiger partial charge on any atom is -0.322 e. The molecule has 3 aliphatic rings. The van der Waals surface area contributed by atoms with Crippen LogP contribution in [0.4, 0.5) is 15.5 Å². The van der Waals surface area contributed by atoms with Gasteiger partial charge in [0.15, 0.2) is 12.3 Å². The number of halogens is 1. The summed E-state index contributed by atoms with van der Waals surface area (Å²) in [5.74, 6) is 0.790. The Bertz CT molecular complexity index is 911. The van der Waals surface area contributed by atoms with E-state index in [1.54, 1.807) is 0 Å². The smallest absolute Gasteiger partial charge is 0.248 e. The predicted molar refractivity (Wildman–Crippen MR) is 115 cm³/mol. The van der Waals surface area contributed by atoms with Gasteiger partial charge in [-0.2, -0.15) is 4.98 Å². The molecule has 0 aliphatic heterocycles. The van der Waals surface area contributed by atoms with E-state index in [1.165, 1.54) is 47.9 Å². The number of hydrogen-bond acceptors (Lipinski definition) is 6. The lowest BCUT2D eigenvalue weighted by Gasteiger charge is -2.15. The monoisotopic (exact) mass is 435 g/mol. The zero-order chi connectivity index (χ0) is 19.8. The molecular weight excluding hydrogens is 409 g/mol. The molecular formula is C20H26FN5OS2. The van der Waals surface area contributed by atoms with Crippen LogP contribution in [0.2, 0.25) is 0 Å². The maximum absolute atomic E-state index is 13.4.